The summed E-state index contributed by atoms with van der Waals surface area (Å²) in [7, 11) is -6.05. The summed E-state index contributed by atoms with van der Waals surface area (Å²) in [6, 6.07) is 0. The lowest BCUT2D eigenvalue weighted by molar-refractivity contribution is -0.183. The molecule has 168 valence electrons. The molecule has 0 spiro atoms. The summed E-state index contributed by atoms with van der Waals surface area (Å²) in [6.07, 6.45) is 1.88. The monoisotopic (exact) mass is 452 g/mol. The van der Waals surface area contributed by atoms with E-state index >= 15 is 0 Å². The minimum Gasteiger partial charge on any atom is -0.459 e. The topological polar surface area (TPSA) is 133 Å². The van der Waals surface area contributed by atoms with E-state index in [9.17, 15) is 31.6 Å². The predicted molar refractivity (Wildman–Crippen MR) is 92.4 cm³/mol. The Morgan fingerprint density at radius 3 is 2.43 bits per heavy atom. The van der Waals surface area contributed by atoms with Crippen LogP contribution in [0.3, 0.4) is 0 Å². The number of halogens is 2. The Morgan fingerprint density at radius 2 is 1.83 bits per heavy atom. The van der Waals surface area contributed by atoms with Crippen LogP contribution < -0.4 is 0 Å². The molecule has 4 aliphatic rings. The van der Waals surface area contributed by atoms with E-state index in [0.717, 1.165) is 19.3 Å². The molecular weight excluding hydrogens is 430 g/mol. The summed E-state index contributed by atoms with van der Waals surface area (Å²) in [5.41, 5.74) is -0.691. The van der Waals surface area contributed by atoms with Crippen molar-refractivity contribution < 1.29 is 50.3 Å². The van der Waals surface area contributed by atoms with Crippen molar-refractivity contribution >= 4 is 28.0 Å². The van der Waals surface area contributed by atoms with Gasteiger partial charge in [0.05, 0.1) is 11.8 Å². The van der Waals surface area contributed by atoms with Crippen LogP contribution in [0.1, 0.15) is 45.4 Å². The van der Waals surface area contributed by atoms with Crippen molar-refractivity contribution in [3.8, 4) is 0 Å². The molecule has 1 aliphatic heterocycles. The lowest BCUT2D eigenvalue weighted by Gasteiger charge is -2.36. The fourth-order valence-electron chi connectivity index (χ4n) is 5.48. The Kier molecular flexibility index (Phi) is 4.88. The lowest BCUT2D eigenvalue weighted by atomic mass is 9.78. The number of hydrogen-bond donors (Lipinski definition) is 1. The van der Waals surface area contributed by atoms with Crippen LogP contribution in [0.5, 0.6) is 0 Å². The van der Waals surface area contributed by atoms with Crippen LogP contribution in [0, 0.1) is 23.7 Å². The van der Waals surface area contributed by atoms with Gasteiger partial charge >= 0.3 is 33.3 Å². The average molecular weight is 452 g/mol. The Hall–Kier alpha value is -1.82. The van der Waals surface area contributed by atoms with E-state index < -0.39 is 74.8 Å². The van der Waals surface area contributed by atoms with Crippen molar-refractivity contribution in [2.45, 2.75) is 68.5 Å². The molecule has 0 aromatic carbocycles. The van der Waals surface area contributed by atoms with Gasteiger partial charge in [-0.25, -0.2) is 4.79 Å². The minimum absolute atomic E-state index is 0.215. The summed E-state index contributed by atoms with van der Waals surface area (Å²) in [4.78, 5) is 37.1. The number of alkyl halides is 2. The molecule has 9 nitrogen and oxygen atoms in total. The van der Waals surface area contributed by atoms with Crippen LogP contribution in [-0.4, -0.2) is 53.9 Å². The van der Waals surface area contributed by atoms with Crippen molar-refractivity contribution in [1.29, 1.82) is 0 Å². The highest BCUT2D eigenvalue weighted by molar-refractivity contribution is 7.87. The number of hydrogen-bond acceptors (Lipinski definition) is 8. The van der Waals surface area contributed by atoms with Gasteiger partial charge in [-0.2, -0.15) is 17.2 Å². The van der Waals surface area contributed by atoms with Gasteiger partial charge in [-0.3, -0.25) is 14.1 Å². The standard InChI is InChI=1S/C18H22F2O9S/c1-17(5-3-2-4-6-17)29-15(22)11-9-7-8-10(11)14(21)27-12(8)13(9)28-16(23)18(19,20)30(24,25)26/h8-13H,2-7H2,1H3,(H,24,25,26). The van der Waals surface area contributed by atoms with Gasteiger partial charge in [0.15, 0.2) is 0 Å². The molecule has 12 heteroatoms. The van der Waals surface area contributed by atoms with Crippen molar-refractivity contribution in [2.24, 2.45) is 23.7 Å². The molecule has 0 radical (unpaired) electrons. The zero-order valence-electron chi connectivity index (χ0n) is 16.1. The molecule has 0 amide bonds. The maximum absolute atomic E-state index is 13.6. The molecule has 4 rings (SSSR count). The van der Waals surface area contributed by atoms with E-state index in [1.54, 1.807) is 6.92 Å². The predicted octanol–water partition coefficient (Wildman–Crippen LogP) is 1.45. The molecule has 30 heavy (non-hydrogen) atoms. The van der Waals surface area contributed by atoms with Gasteiger partial charge in [0.2, 0.25) is 0 Å². The van der Waals surface area contributed by atoms with Gasteiger partial charge in [0, 0.05) is 11.8 Å². The highest BCUT2D eigenvalue weighted by atomic mass is 32.2. The third-order valence-corrected chi connectivity index (χ3v) is 7.70. The number of ether oxygens (including phenoxy) is 3. The molecule has 0 aromatic heterocycles. The Balaban J connectivity index is 1.55. The van der Waals surface area contributed by atoms with E-state index in [2.05, 4.69) is 0 Å². The van der Waals surface area contributed by atoms with Crippen LogP contribution in [0.25, 0.3) is 0 Å². The lowest BCUT2D eigenvalue weighted by Crippen LogP contribution is -2.48. The van der Waals surface area contributed by atoms with Crippen LogP contribution in [0.4, 0.5) is 8.78 Å². The Bertz CT molecular complexity index is 880. The highest BCUT2D eigenvalue weighted by Crippen LogP contribution is 2.59. The smallest absolute Gasteiger partial charge is 0.459 e. The number of esters is 3. The zero-order chi connectivity index (χ0) is 22.1. The molecule has 0 aromatic rings. The first-order valence-electron chi connectivity index (χ1n) is 9.85. The van der Waals surface area contributed by atoms with Gasteiger partial charge in [0.1, 0.15) is 17.8 Å². The van der Waals surface area contributed by atoms with Crippen LogP contribution in [0.15, 0.2) is 0 Å². The maximum atomic E-state index is 13.6. The largest absolute Gasteiger partial charge is 0.465 e. The van der Waals surface area contributed by atoms with E-state index in [1.807, 2.05) is 0 Å². The Morgan fingerprint density at radius 1 is 1.20 bits per heavy atom. The van der Waals surface area contributed by atoms with Gasteiger partial charge in [-0.05, 0) is 39.0 Å². The molecule has 6 atom stereocenters. The molecule has 1 saturated heterocycles. The third kappa shape index (κ3) is 3.19. The summed E-state index contributed by atoms with van der Waals surface area (Å²) in [5.74, 6) is -7.02. The minimum atomic E-state index is -6.05. The average Bonchev–Trinajstić information content (AvgIpc) is 3.24. The van der Waals surface area contributed by atoms with Gasteiger partial charge in [0.25, 0.3) is 0 Å². The molecule has 2 bridgehead atoms. The van der Waals surface area contributed by atoms with Crippen LogP contribution in [0.2, 0.25) is 0 Å². The normalized spacial score (nSPS) is 37.0. The fourth-order valence-corrected chi connectivity index (χ4v) is 5.74. The van der Waals surface area contributed by atoms with E-state index in [-0.39, 0.29) is 6.42 Å². The maximum Gasteiger partial charge on any atom is 0.465 e. The molecule has 1 heterocycles. The number of carbonyl (C=O) groups excluding carboxylic acids is 3. The van der Waals surface area contributed by atoms with Crippen LogP contribution >= 0.6 is 0 Å². The fraction of sp³-hybridized carbons (Fsp3) is 0.833. The molecule has 1 N–H and O–H groups in total. The first kappa shape index (κ1) is 21.4. The summed E-state index contributed by atoms with van der Waals surface area (Å²) < 4.78 is 73.1. The number of carbonyl (C=O) groups is 3. The van der Waals surface area contributed by atoms with Gasteiger partial charge < -0.3 is 14.2 Å². The summed E-state index contributed by atoms with van der Waals surface area (Å²) >= 11 is 0. The molecular formula is C18H22F2O9S. The highest BCUT2D eigenvalue weighted by Gasteiger charge is 2.71. The molecule has 6 unspecified atom stereocenters. The first-order chi connectivity index (χ1) is 13.9. The molecule has 3 aliphatic carbocycles. The van der Waals surface area contributed by atoms with E-state index in [4.69, 9.17) is 18.8 Å². The van der Waals surface area contributed by atoms with Crippen molar-refractivity contribution in [3.05, 3.63) is 0 Å². The van der Waals surface area contributed by atoms with Gasteiger partial charge in [-0.15, -0.1) is 0 Å². The zero-order valence-corrected chi connectivity index (χ0v) is 16.9. The Labute approximate surface area is 171 Å². The van der Waals surface area contributed by atoms with Crippen molar-refractivity contribution in [3.63, 3.8) is 0 Å². The van der Waals surface area contributed by atoms with E-state index in [1.165, 1.54) is 0 Å². The van der Waals surface area contributed by atoms with E-state index in [0.29, 0.717) is 12.8 Å². The van der Waals surface area contributed by atoms with Gasteiger partial charge in [-0.1, -0.05) is 6.42 Å². The second kappa shape index (κ2) is 6.84. The number of fused-ring (bicyclic) bond motifs is 1. The third-order valence-electron chi connectivity index (χ3n) is 6.88. The second-order valence-electron chi connectivity index (χ2n) is 8.81. The molecule has 3 saturated carbocycles. The SMILES string of the molecule is CC1(OC(=O)C2C3CC4C(OC(=O)C42)C3OC(=O)C(F)(F)S(=O)(=O)O)CCCCC1. The van der Waals surface area contributed by atoms with Crippen molar-refractivity contribution in [2.75, 3.05) is 0 Å². The summed E-state index contributed by atoms with van der Waals surface area (Å²) in [6.45, 7) is 1.80. The van der Waals surface area contributed by atoms with Crippen molar-refractivity contribution in [1.82, 2.24) is 0 Å². The first-order valence-corrected chi connectivity index (χ1v) is 11.3. The second-order valence-corrected chi connectivity index (χ2v) is 10.3. The van der Waals surface area contributed by atoms with Crippen LogP contribution in [-0.2, 0) is 38.7 Å². The quantitative estimate of drug-likeness (QED) is 0.374. The number of rotatable bonds is 5. The molecule has 4 fully saturated rings. The summed E-state index contributed by atoms with van der Waals surface area (Å²) in [5, 5.41) is -5.18.